The van der Waals surface area contributed by atoms with Gasteiger partial charge in [-0.1, -0.05) is 36.7 Å². The molecule has 0 aliphatic rings. The van der Waals surface area contributed by atoms with Crippen molar-refractivity contribution in [3.05, 3.63) is 53.1 Å². The molecule has 1 atom stereocenters. The third-order valence-electron chi connectivity index (χ3n) is 5.52. The Bertz CT molecular complexity index is 1210. The molecule has 204 valence electrons. The molecule has 0 aromatic heterocycles. The fraction of sp³-hybridized carbons (Fsp3) is 0.462. The van der Waals surface area contributed by atoms with Crippen LogP contribution < -0.4 is 19.1 Å². The molecule has 1 N–H and O–H groups in total. The van der Waals surface area contributed by atoms with Gasteiger partial charge in [0, 0.05) is 23.2 Å². The number of nitrogens with one attached hydrogen (secondary N) is 1. The average Bonchev–Trinajstić information content (AvgIpc) is 2.81. The average molecular weight is 554 g/mol. The minimum Gasteiger partial charge on any atom is -0.493 e. The molecule has 37 heavy (non-hydrogen) atoms. The summed E-state index contributed by atoms with van der Waals surface area (Å²) in [6.07, 6.45) is 1.33. The molecule has 0 saturated heterocycles. The number of nitrogens with zero attached hydrogens (tertiary/aromatic N) is 2. The molecular formula is C26H36ClN3O6S. The largest absolute Gasteiger partial charge is 0.493 e. The smallest absolute Gasteiger partial charge is 0.244 e. The van der Waals surface area contributed by atoms with Gasteiger partial charge in [-0.3, -0.25) is 13.9 Å². The molecule has 0 saturated carbocycles. The minimum absolute atomic E-state index is 0.0259. The number of hydrogen-bond acceptors (Lipinski definition) is 6. The van der Waals surface area contributed by atoms with Gasteiger partial charge in [-0.25, -0.2) is 8.42 Å². The summed E-state index contributed by atoms with van der Waals surface area (Å²) < 4.78 is 37.1. The summed E-state index contributed by atoms with van der Waals surface area (Å²) in [6.45, 7) is 6.83. The van der Waals surface area contributed by atoms with Crippen LogP contribution in [0.15, 0.2) is 42.5 Å². The van der Waals surface area contributed by atoms with Crippen molar-refractivity contribution in [1.29, 1.82) is 0 Å². The fourth-order valence-electron chi connectivity index (χ4n) is 3.78. The molecule has 2 rings (SSSR count). The first-order valence-corrected chi connectivity index (χ1v) is 14.0. The third-order valence-corrected chi connectivity index (χ3v) is 7.03. The number of methoxy groups -OCH3 is 2. The second kappa shape index (κ2) is 12.5. The number of carbonyl (C=O) groups excluding carboxylic acids is 2. The first kappa shape index (κ1) is 30.2. The van der Waals surface area contributed by atoms with Crippen LogP contribution in [0.4, 0.5) is 5.69 Å². The fourth-order valence-corrected chi connectivity index (χ4v) is 4.81. The first-order chi connectivity index (χ1) is 17.2. The van der Waals surface area contributed by atoms with E-state index in [0.717, 1.165) is 10.6 Å². The van der Waals surface area contributed by atoms with Crippen molar-refractivity contribution in [1.82, 2.24) is 10.2 Å². The lowest BCUT2D eigenvalue weighted by Crippen LogP contribution is -2.55. The van der Waals surface area contributed by atoms with Crippen LogP contribution in [0, 0.1) is 0 Å². The van der Waals surface area contributed by atoms with Crippen LogP contribution in [0.3, 0.4) is 0 Å². The second-order valence-corrected chi connectivity index (χ2v) is 11.9. The molecule has 0 spiro atoms. The van der Waals surface area contributed by atoms with E-state index in [1.807, 2.05) is 20.8 Å². The van der Waals surface area contributed by atoms with Crippen molar-refractivity contribution in [3.63, 3.8) is 0 Å². The van der Waals surface area contributed by atoms with Crippen LogP contribution in [-0.2, 0) is 26.2 Å². The standard InChI is InChI=1S/C26H36ClN3O6S/c1-8-21(25(32)28-26(2,3)4)29(16-18-11-9-10-12-20(18)27)24(31)17-30(37(7,33)34)19-13-14-22(35-5)23(15-19)36-6/h9-15,21H,8,16-17H2,1-7H3,(H,28,32)/t21-/m0/s1. The monoisotopic (exact) mass is 553 g/mol. The maximum absolute atomic E-state index is 13.8. The zero-order chi connectivity index (χ0) is 28.0. The van der Waals surface area contributed by atoms with Gasteiger partial charge >= 0.3 is 0 Å². The zero-order valence-electron chi connectivity index (χ0n) is 22.4. The van der Waals surface area contributed by atoms with Crippen molar-refractivity contribution in [2.45, 2.75) is 52.2 Å². The predicted octanol–water partition coefficient (Wildman–Crippen LogP) is 3.85. The number of sulfonamides is 1. The summed E-state index contributed by atoms with van der Waals surface area (Å²) in [7, 11) is -0.990. The number of amides is 2. The highest BCUT2D eigenvalue weighted by atomic mass is 35.5. The Morgan fingerprint density at radius 3 is 2.19 bits per heavy atom. The van der Waals surface area contributed by atoms with Gasteiger partial charge < -0.3 is 19.7 Å². The molecule has 0 heterocycles. The molecule has 9 nitrogen and oxygen atoms in total. The quantitative estimate of drug-likeness (QED) is 0.453. The van der Waals surface area contributed by atoms with Crippen LogP contribution in [0.25, 0.3) is 0 Å². The van der Waals surface area contributed by atoms with Gasteiger partial charge in [0.2, 0.25) is 21.8 Å². The van der Waals surface area contributed by atoms with Gasteiger partial charge in [0.1, 0.15) is 12.6 Å². The van der Waals surface area contributed by atoms with Crippen molar-refractivity contribution >= 4 is 39.1 Å². The van der Waals surface area contributed by atoms with Gasteiger partial charge in [-0.05, 0) is 51.0 Å². The van der Waals surface area contributed by atoms with E-state index in [0.29, 0.717) is 28.5 Å². The van der Waals surface area contributed by atoms with Crippen molar-refractivity contribution in [2.24, 2.45) is 0 Å². The number of rotatable bonds is 11. The molecule has 2 amide bonds. The summed E-state index contributed by atoms with van der Waals surface area (Å²) in [5, 5.41) is 3.36. The Balaban J connectivity index is 2.52. The van der Waals surface area contributed by atoms with Gasteiger partial charge in [-0.2, -0.15) is 0 Å². The Labute approximate surface area is 224 Å². The van der Waals surface area contributed by atoms with Gasteiger partial charge in [0.15, 0.2) is 11.5 Å². The van der Waals surface area contributed by atoms with E-state index in [-0.39, 0.29) is 18.1 Å². The molecule has 0 aliphatic carbocycles. The van der Waals surface area contributed by atoms with E-state index < -0.39 is 34.1 Å². The highest BCUT2D eigenvalue weighted by molar-refractivity contribution is 7.92. The van der Waals surface area contributed by atoms with Crippen molar-refractivity contribution < 1.29 is 27.5 Å². The summed E-state index contributed by atoms with van der Waals surface area (Å²) in [6, 6.07) is 10.7. The van der Waals surface area contributed by atoms with Crippen LogP contribution in [-0.4, -0.2) is 63.7 Å². The van der Waals surface area contributed by atoms with Gasteiger partial charge in [-0.15, -0.1) is 0 Å². The van der Waals surface area contributed by atoms with E-state index in [1.54, 1.807) is 37.3 Å². The highest BCUT2D eigenvalue weighted by Gasteiger charge is 2.33. The Morgan fingerprint density at radius 2 is 1.68 bits per heavy atom. The van der Waals surface area contributed by atoms with Gasteiger partial charge in [0.25, 0.3) is 0 Å². The Hall–Kier alpha value is -2.98. The molecule has 0 bridgehead atoms. The molecule has 0 radical (unpaired) electrons. The zero-order valence-corrected chi connectivity index (χ0v) is 23.9. The van der Waals surface area contributed by atoms with E-state index in [4.69, 9.17) is 21.1 Å². The number of benzene rings is 2. The third kappa shape index (κ3) is 8.26. The van der Waals surface area contributed by atoms with Crippen LogP contribution in [0.2, 0.25) is 5.02 Å². The first-order valence-electron chi connectivity index (χ1n) is 11.8. The van der Waals surface area contributed by atoms with Crippen LogP contribution >= 0.6 is 11.6 Å². The lowest BCUT2D eigenvalue weighted by molar-refractivity contribution is -0.141. The highest BCUT2D eigenvalue weighted by Crippen LogP contribution is 2.32. The lowest BCUT2D eigenvalue weighted by atomic mass is 10.1. The lowest BCUT2D eigenvalue weighted by Gasteiger charge is -2.34. The Morgan fingerprint density at radius 1 is 1.05 bits per heavy atom. The predicted molar refractivity (Wildman–Crippen MR) is 146 cm³/mol. The van der Waals surface area contributed by atoms with Crippen molar-refractivity contribution in [2.75, 3.05) is 31.3 Å². The number of halogens is 1. The normalized spacial score (nSPS) is 12.4. The Kier molecular flexibility index (Phi) is 10.2. The SMILES string of the molecule is CC[C@@H](C(=O)NC(C)(C)C)N(Cc1ccccc1Cl)C(=O)CN(c1ccc(OC)c(OC)c1)S(C)(=O)=O. The van der Waals surface area contributed by atoms with Crippen LogP contribution in [0.1, 0.15) is 39.7 Å². The maximum atomic E-state index is 13.8. The maximum Gasteiger partial charge on any atom is 0.244 e. The second-order valence-electron chi connectivity index (χ2n) is 9.59. The minimum atomic E-state index is -3.89. The summed E-state index contributed by atoms with van der Waals surface area (Å²) in [4.78, 5) is 28.4. The summed E-state index contributed by atoms with van der Waals surface area (Å²) >= 11 is 6.37. The van der Waals surface area contributed by atoms with Crippen LogP contribution in [0.5, 0.6) is 11.5 Å². The molecule has 0 unspecified atom stereocenters. The van der Waals surface area contributed by atoms with Crippen molar-refractivity contribution in [3.8, 4) is 11.5 Å². The van der Waals surface area contributed by atoms with E-state index in [9.17, 15) is 18.0 Å². The molecule has 2 aromatic rings. The summed E-state index contributed by atoms with van der Waals surface area (Å²) in [5.41, 5.74) is 0.331. The van der Waals surface area contributed by atoms with Gasteiger partial charge in [0.05, 0.1) is 26.2 Å². The van der Waals surface area contributed by atoms with E-state index in [1.165, 1.54) is 31.3 Å². The molecule has 2 aromatic carbocycles. The van der Waals surface area contributed by atoms with E-state index >= 15 is 0 Å². The number of carbonyl (C=O) groups is 2. The molecule has 0 aliphatic heterocycles. The topological polar surface area (TPSA) is 105 Å². The molecule has 0 fully saturated rings. The van der Waals surface area contributed by atoms with E-state index in [2.05, 4.69) is 5.32 Å². The molecular weight excluding hydrogens is 518 g/mol. The molecule has 11 heteroatoms. The number of hydrogen-bond donors (Lipinski definition) is 1. The summed E-state index contributed by atoms with van der Waals surface area (Å²) in [5.74, 6) is -0.176. The number of anilines is 1. The number of ether oxygens (including phenoxy) is 2.